The minimum atomic E-state index is -5.62. The Kier molecular flexibility index (Phi) is 7.25. The van der Waals surface area contributed by atoms with Crippen molar-refractivity contribution < 1.29 is 43.9 Å². The largest absolute Gasteiger partial charge is 0.417 e. The zero-order chi connectivity index (χ0) is 28.5. The van der Waals surface area contributed by atoms with Crippen molar-refractivity contribution in [3.05, 3.63) is 67.8 Å². The van der Waals surface area contributed by atoms with E-state index >= 15 is 4.39 Å². The van der Waals surface area contributed by atoms with E-state index in [9.17, 15) is 50.0 Å². The first kappa shape index (κ1) is 28.2. The molecule has 0 bridgehead atoms. The van der Waals surface area contributed by atoms with Crippen LogP contribution in [0, 0.1) is 62.5 Å². The van der Waals surface area contributed by atoms with Gasteiger partial charge in [-0.1, -0.05) is 0 Å². The normalized spacial score (nSPS) is 12.4. The lowest BCUT2D eigenvalue weighted by atomic mass is 9.91. The molecular formula is C22H3F10N5. The summed E-state index contributed by atoms with van der Waals surface area (Å²) in [5.41, 5.74) is -14.1. The molecule has 0 amide bonds. The average molecular weight is 527 g/mol. The second kappa shape index (κ2) is 9.53. The van der Waals surface area contributed by atoms with Crippen molar-refractivity contribution in [1.82, 2.24) is 0 Å². The lowest BCUT2D eigenvalue weighted by Crippen LogP contribution is -2.31. The third-order valence-electron chi connectivity index (χ3n) is 4.69. The molecule has 0 aliphatic heterocycles. The summed E-state index contributed by atoms with van der Waals surface area (Å²) < 4.78 is 137. The molecule has 186 valence electrons. The summed E-state index contributed by atoms with van der Waals surface area (Å²) in [5, 5.41) is 42.4. The van der Waals surface area contributed by atoms with Crippen LogP contribution in [0.15, 0.2) is 18.2 Å². The van der Waals surface area contributed by atoms with Gasteiger partial charge in [-0.15, -0.1) is 0 Å². The third kappa shape index (κ3) is 5.15. The first-order chi connectivity index (χ1) is 17.0. The molecular weight excluding hydrogens is 524 g/mol. The molecule has 5 nitrogen and oxygen atoms in total. The van der Waals surface area contributed by atoms with Crippen LogP contribution in [0.2, 0.25) is 0 Å². The number of benzene rings is 2. The zero-order valence-corrected chi connectivity index (χ0v) is 17.2. The van der Waals surface area contributed by atoms with Gasteiger partial charge in [0.05, 0.1) is 38.6 Å². The van der Waals surface area contributed by atoms with E-state index in [1.807, 2.05) is 0 Å². The number of halogens is 10. The monoisotopic (exact) mass is 527 g/mol. The number of nitrogens with zero attached hydrogens (tertiary/aromatic N) is 5. The molecule has 0 fully saturated rings. The highest BCUT2D eigenvalue weighted by Gasteiger charge is 2.42. The van der Waals surface area contributed by atoms with Gasteiger partial charge in [0, 0.05) is 5.22 Å². The van der Waals surface area contributed by atoms with E-state index in [-0.39, 0.29) is 18.2 Å². The van der Waals surface area contributed by atoms with E-state index in [1.165, 1.54) is 0 Å². The molecule has 0 unspecified atom stereocenters. The highest BCUT2D eigenvalue weighted by Crippen LogP contribution is 2.41. The maximum atomic E-state index is 15.0. The molecule has 0 aromatic heterocycles. The Labute approximate surface area is 198 Å². The quantitative estimate of drug-likeness (QED) is 0.505. The highest BCUT2D eigenvalue weighted by molar-refractivity contribution is 5.80. The van der Waals surface area contributed by atoms with Crippen molar-refractivity contribution in [2.45, 2.75) is 18.5 Å². The fraction of sp³-hybridized carbons (Fsp3) is 0.136. The lowest BCUT2D eigenvalue weighted by molar-refractivity contribution is -0.143. The van der Waals surface area contributed by atoms with Gasteiger partial charge in [0.25, 0.3) is 0 Å². The maximum absolute atomic E-state index is 15.0. The minimum Gasteiger partial charge on any atom is -0.205 e. The molecule has 2 rings (SSSR count). The van der Waals surface area contributed by atoms with Crippen LogP contribution in [0.5, 0.6) is 0 Å². The molecule has 0 heterocycles. The van der Waals surface area contributed by atoms with Gasteiger partial charge in [-0.25, -0.2) is 4.39 Å². The van der Waals surface area contributed by atoms with Crippen LogP contribution in [0.25, 0.3) is 11.1 Å². The van der Waals surface area contributed by atoms with E-state index in [2.05, 4.69) is 0 Å². The number of alkyl halides is 9. The van der Waals surface area contributed by atoms with E-state index in [0.29, 0.717) is 0 Å². The van der Waals surface area contributed by atoms with Crippen LogP contribution in [-0.4, -0.2) is 0 Å². The van der Waals surface area contributed by atoms with Gasteiger partial charge in [-0.2, -0.15) is 65.8 Å². The second-order valence-corrected chi connectivity index (χ2v) is 6.78. The Balaban J connectivity index is 3.40. The SMILES string of the molecule is N#CC(C#N)=c1c(C(F)(F)F)c/c(=C(/C#N)c2cc(C(F)(F)F)c(C#N)c(C(F)(F)F)c2)c(C#N)c1F. The van der Waals surface area contributed by atoms with Gasteiger partial charge in [0.2, 0.25) is 0 Å². The van der Waals surface area contributed by atoms with Crippen molar-refractivity contribution in [2.24, 2.45) is 0 Å². The number of hydrogen-bond acceptors (Lipinski definition) is 5. The van der Waals surface area contributed by atoms with Crippen LogP contribution in [0.3, 0.4) is 0 Å². The van der Waals surface area contributed by atoms with E-state index < -0.39 is 79.3 Å². The standard InChI is InChI=1S/C22H3F10N5/c23-19-13(7-36)11(3-17(22(30,31)32)18(19)10(4-33)5-34)12(6-35)9-1-15(20(24,25)26)14(8-37)16(2-9)21(27,28)29/h1-3H/b12-11+. The summed E-state index contributed by atoms with van der Waals surface area (Å²) in [6.07, 6.45) is -16.8. The van der Waals surface area contributed by atoms with Crippen LogP contribution < -0.4 is 10.4 Å². The summed E-state index contributed by atoms with van der Waals surface area (Å²) >= 11 is 0. The smallest absolute Gasteiger partial charge is 0.205 e. The topological polar surface area (TPSA) is 119 Å². The molecule has 0 radical (unpaired) electrons. The Morgan fingerprint density at radius 3 is 1.35 bits per heavy atom. The molecule has 0 aliphatic carbocycles. The number of hydrogen-bond donors (Lipinski definition) is 0. The van der Waals surface area contributed by atoms with Crippen LogP contribution in [0.1, 0.15) is 33.4 Å². The summed E-state index contributed by atoms with van der Waals surface area (Å²) in [6.45, 7) is 0. The van der Waals surface area contributed by atoms with Crippen molar-refractivity contribution in [2.75, 3.05) is 0 Å². The zero-order valence-electron chi connectivity index (χ0n) is 17.2. The molecule has 0 N–H and O–H groups in total. The number of nitriles is 5. The van der Waals surface area contributed by atoms with Crippen LogP contribution in [-0.2, 0) is 18.5 Å². The van der Waals surface area contributed by atoms with Crippen molar-refractivity contribution >= 4 is 11.1 Å². The Morgan fingerprint density at radius 1 is 0.595 bits per heavy atom. The van der Waals surface area contributed by atoms with Crippen molar-refractivity contribution in [3.63, 3.8) is 0 Å². The van der Waals surface area contributed by atoms with Gasteiger partial charge in [0.15, 0.2) is 5.82 Å². The fourth-order valence-electron chi connectivity index (χ4n) is 3.20. The van der Waals surface area contributed by atoms with Crippen molar-refractivity contribution in [3.8, 4) is 30.3 Å². The van der Waals surface area contributed by atoms with Crippen LogP contribution in [0.4, 0.5) is 43.9 Å². The molecule has 2 aromatic carbocycles. The summed E-state index contributed by atoms with van der Waals surface area (Å²) in [5.74, 6) is -2.17. The molecule has 37 heavy (non-hydrogen) atoms. The van der Waals surface area contributed by atoms with Crippen molar-refractivity contribution in [1.29, 1.82) is 26.3 Å². The number of rotatable bonds is 1. The van der Waals surface area contributed by atoms with Gasteiger partial charge >= 0.3 is 18.5 Å². The van der Waals surface area contributed by atoms with E-state index in [1.54, 1.807) is 0 Å². The van der Waals surface area contributed by atoms with Gasteiger partial charge in [-0.3, -0.25) is 0 Å². The summed E-state index contributed by atoms with van der Waals surface area (Å²) in [6, 6.07) is 4.37. The molecule has 15 heteroatoms. The summed E-state index contributed by atoms with van der Waals surface area (Å²) in [7, 11) is 0. The molecule has 2 aromatic rings. The first-order valence-electron chi connectivity index (χ1n) is 8.99. The minimum absolute atomic E-state index is 0.144. The predicted molar refractivity (Wildman–Crippen MR) is 99.3 cm³/mol. The van der Waals surface area contributed by atoms with Gasteiger partial charge in [-0.05, 0) is 23.8 Å². The average Bonchev–Trinajstić information content (AvgIpc) is 2.78. The third-order valence-corrected chi connectivity index (χ3v) is 4.69. The van der Waals surface area contributed by atoms with E-state index in [0.717, 1.165) is 30.3 Å². The Morgan fingerprint density at radius 2 is 1.03 bits per heavy atom. The van der Waals surface area contributed by atoms with Gasteiger partial charge in [0.1, 0.15) is 35.9 Å². The highest BCUT2D eigenvalue weighted by atomic mass is 19.4. The van der Waals surface area contributed by atoms with E-state index in [4.69, 9.17) is 15.8 Å². The Bertz CT molecular complexity index is 1590. The second-order valence-electron chi connectivity index (χ2n) is 6.78. The summed E-state index contributed by atoms with van der Waals surface area (Å²) in [4.78, 5) is 0. The van der Waals surface area contributed by atoms with Crippen LogP contribution >= 0.6 is 0 Å². The molecule has 0 saturated carbocycles. The fourth-order valence-corrected chi connectivity index (χ4v) is 3.20. The molecule has 0 spiro atoms. The lowest BCUT2D eigenvalue weighted by Gasteiger charge is -2.17. The Hall–Kier alpha value is -5.07. The first-order valence-corrected chi connectivity index (χ1v) is 8.99. The maximum Gasteiger partial charge on any atom is 0.417 e. The molecule has 0 atom stereocenters. The molecule has 0 aliphatic rings. The van der Waals surface area contributed by atoms with Gasteiger partial charge < -0.3 is 0 Å². The predicted octanol–water partition coefficient (Wildman–Crippen LogP) is 4.55. The molecule has 0 saturated heterocycles.